The van der Waals surface area contributed by atoms with Crippen LogP contribution in [0.4, 0.5) is 5.00 Å². The largest absolute Gasteiger partial charge is 0.465 e. The molecule has 3 rings (SSSR count). The van der Waals surface area contributed by atoms with E-state index in [1.54, 1.807) is 11.8 Å². The molecule has 1 aliphatic heterocycles. The lowest BCUT2D eigenvalue weighted by Crippen LogP contribution is -2.31. The van der Waals surface area contributed by atoms with Crippen molar-refractivity contribution in [3.63, 3.8) is 0 Å². The summed E-state index contributed by atoms with van der Waals surface area (Å²) in [7, 11) is 1.31. The van der Waals surface area contributed by atoms with Gasteiger partial charge < -0.3 is 29.7 Å². The van der Waals surface area contributed by atoms with Crippen LogP contribution in [0.1, 0.15) is 58.0 Å². The maximum atomic E-state index is 12.9. The maximum Gasteiger partial charge on any atom is 0.341 e. The first kappa shape index (κ1) is 23.8. The third kappa shape index (κ3) is 4.81. The zero-order valence-corrected chi connectivity index (χ0v) is 20.4. The van der Waals surface area contributed by atoms with Crippen LogP contribution >= 0.6 is 23.6 Å². The Morgan fingerprint density at radius 3 is 2.59 bits per heavy atom. The highest BCUT2D eigenvalue weighted by Gasteiger charge is 2.28. The summed E-state index contributed by atoms with van der Waals surface area (Å²) in [5, 5.41) is 7.08. The van der Waals surface area contributed by atoms with Crippen LogP contribution in [0.3, 0.4) is 0 Å². The molecule has 1 amide bonds. The molecule has 1 aromatic heterocycles. The van der Waals surface area contributed by atoms with Crippen molar-refractivity contribution in [2.75, 3.05) is 32.3 Å². The number of hydrogen-bond donors (Lipinski definition) is 2. The van der Waals surface area contributed by atoms with Gasteiger partial charge in [-0.05, 0) is 63.2 Å². The maximum absolute atomic E-state index is 12.9. The van der Waals surface area contributed by atoms with Crippen LogP contribution in [-0.4, -0.2) is 48.9 Å². The van der Waals surface area contributed by atoms with E-state index in [-0.39, 0.29) is 18.7 Å². The number of thiophene rings is 1. The van der Waals surface area contributed by atoms with Gasteiger partial charge in [-0.25, -0.2) is 4.79 Å². The molecule has 0 fully saturated rings. The van der Waals surface area contributed by atoms with Gasteiger partial charge in [0, 0.05) is 13.1 Å². The molecule has 32 heavy (non-hydrogen) atoms. The van der Waals surface area contributed by atoms with Gasteiger partial charge in [0.25, 0.3) is 5.91 Å². The predicted molar refractivity (Wildman–Crippen MR) is 128 cm³/mol. The van der Waals surface area contributed by atoms with Gasteiger partial charge in [0.2, 0.25) is 6.79 Å². The molecule has 0 bridgehead atoms. The summed E-state index contributed by atoms with van der Waals surface area (Å²) < 4.78 is 15.7. The molecule has 0 aliphatic carbocycles. The molecule has 0 saturated carbocycles. The fourth-order valence-electron chi connectivity index (χ4n) is 3.41. The lowest BCUT2D eigenvalue weighted by Gasteiger charge is -2.18. The number of benzene rings is 1. The molecule has 1 atom stereocenters. The fraction of sp³-hybridized carbons (Fsp3) is 0.409. The van der Waals surface area contributed by atoms with Gasteiger partial charge in [-0.1, -0.05) is 6.07 Å². The Morgan fingerprint density at radius 1 is 1.25 bits per heavy atom. The van der Waals surface area contributed by atoms with Gasteiger partial charge in [-0.2, -0.15) is 0 Å². The molecule has 10 heteroatoms. The number of rotatable bonds is 7. The Labute approximate surface area is 196 Å². The number of ether oxygens (including phenoxy) is 3. The summed E-state index contributed by atoms with van der Waals surface area (Å²) in [6.45, 7) is 8.91. The number of amides is 1. The predicted octanol–water partition coefficient (Wildman–Crippen LogP) is 4.10. The first-order chi connectivity index (χ1) is 15.3. The zero-order chi connectivity index (χ0) is 23.4. The minimum atomic E-state index is -0.522. The fourth-order valence-corrected chi connectivity index (χ4v) is 4.92. The molecule has 1 aliphatic rings. The Balaban J connectivity index is 1.80. The summed E-state index contributed by atoms with van der Waals surface area (Å²) in [5.74, 6) is 0.759. The van der Waals surface area contributed by atoms with Crippen LogP contribution in [0.5, 0.6) is 11.5 Å². The number of anilines is 1. The third-order valence-corrected chi connectivity index (χ3v) is 6.67. The number of nitrogens with one attached hydrogen (secondary N) is 2. The second-order valence-corrected chi connectivity index (χ2v) is 8.59. The Hall–Kier alpha value is -2.85. The van der Waals surface area contributed by atoms with E-state index >= 15 is 0 Å². The summed E-state index contributed by atoms with van der Waals surface area (Å²) in [6, 6.07) is 5.56. The van der Waals surface area contributed by atoms with Crippen LogP contribution < -0.4 is 20.1 Å². The molecular weight excluding hydrogens is 450 g/mol. The molecule has 2 N–H and O–H groups in total. The van der Waals surface area contributed by atoms with Gasteiger partial charge in [-0.15, -0.1) is 11.3 Å². The van der Waals surface area contributed by atoms with Crippen LogP contribution in [0, 0.1) is 6.92 Å². The molecule has 172 valence electrons. The molecule has 2 aromatic rings. The van der Waals surface area contributed by atoms with Crippen molar-refractivity contribution in [1.29, 1.82) is 0 Å². The normalized spacial score (nSPS) is 12.8. The van der Waals surface area contributed by atoms with E-state index in [1.807, 2.05) is 39.0 Å². The van der Waals surface area contributed by atoms with Gasteiger partial charge in [-0.3, -0.25) is 4.79 Å². The second kappa shape index (κ2) is 10.2. The monoisotopic (exact) mass is 477 g/mol. The number of fused-ring (bicyclic) bond motifs is 1. The first-order valence-corrected chi connectivity index (χ1v) is 11.5. The molecular formula is C22H27N3O5S2. The second-order valence-electron chi connectivity index (χ2n) is 7.16. The number of thiocarbonyl (C=S) groups is 1. The molecule has 0 saturated heterocycles. The topological polar surface area (TPSA) is 89.1 Å². The van der Waals surface area contributed by atoms with E-state index in [2.05, 4.69) is 10.6 Å². The Morgan fingerprint density at radius 2 is 1.94 bits per heavy atom. The summed E-state index contributed by atoms with van der Waals surface area (Å²) in [5.41, 5.74) is 1.85. The summed E-state index contributed by atoms with van der Waals surface area (Å²) in [6.07, 6.45) is 0. The smallest absolute Gasteiger partial charge is 0.341 e. The molecule has 0 spiro atoms. The van der Waals surface area contributed by atoms with Crippen LogP contribution in [0.2, 0.25) is 0 Å². The lowest BCUT2D eigenvalue weighted by atomic mass is 10.1. The average Bonchev–Trinajstić information content (AvgIpc) is 3.37. The minimum Gasteiger partial charge on any atom is -0.465 e. The van der Waals surface area contributed by atoms with Gasteiger partial charge in [0.15, 0.2) is 16.6 Å². The SMILES string of the molecule is CCN(CC)C(=O)c1sc(NC(=S)NC(C)c2ccc3c(c2)OCO3)c(C(=O)OC)c1C. The van der Waals surface area contributed by atoms with Crippen LogP contribution in [-0.2, 0) is 4.74 Å². The number of hydrogen-bond acceptors (Lipinski definition) is 7. The Kier molecular flexibility index (Phi) is 7.57. The summed E-state index contributed by atoms with van der Waals surface area (Å²) in [4.78, 5) is 27.6. The number of carbonyl (C=O) groups is 2. The molecule has 1 unspecified atom stereocenters. The minimum absolute atomic E-state index is 0.122. The lowest BCUT2D eigenvalue weighted by molar-refractivity contribution is 0.0601. The van der Waals surface area contributed by atoms with Crippen LogP contribution in [0.15, 0.2) is 18.2 Å². The Bertz CT molecular complexity index is 1030. The third-order valence-electron chi connectivity index (χ3n) is 5.25. The molecule has 8 nitrogen and oxygen atoms in total. The van der Waals surface area contributed by atoms with Crippen molar-refractivity contribution in [3.05, 3.63) is 39.8 Å². The molecule has 1 aromatic carbocycles. The van der Waals surface area contributed by atoms with E-state index in [9.17, 15) is 9.59 Å². The quantitative estimate of drug-likeness (QED) is 0.455. The highest BCUT2D eigenvalue weighted by molar-refractivity contribution is 7.80. The van der Waals surface area contributed by atoms with E-state index in [0.29, 0.717) is 50.7 Å². The van der Waals surface area contributed by atoms with E-state index in [1.165, 1.54) is 18.4 Å². The van der Waals surface area contributed by atoms with Crippen molar-refractivity contribution in [1.82, 2.24) is 10.2 Å². The number of nitrogens with zero attached hydrogens (tertiary/aromatic N) is 1. The highest BCUT2D eigenvalue weighted by Crippen LogP contribution is 2.36. The zero-order valence-electron chi connectivity index (χ0n) is 18.7. The molecule has 0 radical (unpaired) electrons. The average molecular weight is 478 g/mol. The van der Waals surface area contributed by atoms with Crippen molar-refractivity contribution < 1.29 is 23.8 Å². The van der Waals surface area contributed by atoms with Gasteiger partial charge in [0.1, 0.15) is 5.00 Å². The van der Waals surface area contributed by atoms with Crippen molar-refractivity contribution >= 4 is 45.5 Å². The van der Waals surface area contributed by atoms with Crippen molar-refractivity contribution in [3.8, 4) is 11.5 Å². The van der Waals surface area contributed by atoms with Gasteiger partial charge >= 0.3 is 5.97 Å². The molecule has 2 heterocycles. The van der Waals surface area contributed by atoms with Crippen molar-refractivity contribution in [2.45, 2.75) is 33.7 Å². The number of esters is 1. The summed E-state index contributed by atoms with van der Waals surface area (Å²) >= 11 is 6.69. The van der Waals surface area contributed by atoms with E-state index < -0.39 is 5.97 Å². The van der Waals surface area contributed by atoms with E-state index in [0.717, 1.165) is 5.56 Å². The highest BCUT2D eigenvalue weighted by atomic mass is 32.1. The van der Waals surface area contributed by atoms with Crippen LogP contribution in [0.25, 0.3) is 0 Å². The first-order valence-electron chi connectivity index (χ1n) is 10.3. The standard InChI is InChI=1S/C22H27N3O5S2/c1-6-25(7-2)20(26)18-12(3)17(21(27)28-5)19(32-18)24-22(31)23-13(4)14-8-9-15-16(10-14)30-11-29-15/h8-10,13H,6-7,11H2,1-5H3,(H2,23,24,31). The van der Waals surface area contributed by atoms with Gasteiger partial charge in [0.05, 0.1) is 23.6 Å². The van der Waals surface area contributed by atoms with Crippen molar-refractivity contribution in [2.24, 2.45) is 0 Å². The number of methoxy groups -OCH3 is 1. The number of carbonyl (C=O) groups excluding carboxylic acids is 2. The van der Waals surface area contributed by atoms with E-state index in [4.69, 9.17) is 26.4 Å².